The van der Waals surface area contributed by atoms with E-state index >= 15 is 0 Å². The number of phenols is 3. The van der Waals surface area contributed by atoms with Crippen molar-refractivity contribution in [2.45, 2.75) is 127 Å². The van der Waals surface area contributed by atoms with Gasteiger partial charge in [-0.3, -0.25) is 14.8 Å². The SMILES string of the molecule is CC(=O)O[C@@H]1C[C@H](CCc2ccc(O)c(O[C@H]3CCC[C@@]4(C3)NC(=NCCCC3=CCNC(N)=C3)N[C@@H]3[C@H]4CCc4c5cc[nH]c5cn43)c2)O[C@H](c2cc(O)c(O)c(OCCc3cccnc3)c2)C1. The number of guanidine groups is 1. The number of pyridine rings is 1. The minimum atomic E-state index is -0.539. The molecule has 10 rings (SSSR count). The molecular formula is C53H64N8O8. The van der Waals surface area contributed by atoms with Crippen molar-refractivity contribution in [3.05, 3.63) is 119 Å². The second-order valence-electron chi connectivity index (χ2n) is 19.4. The maximum atomic E-state index is 12.2. The summed E-state index contributed by atoms with van der Waals surface area (Å²) in [5, 5.41) is 44.9. The minimum absolute atomic E-state index is 0.0277. The molecule has 1 saturated carbocycles. The predicted octanol–water partition coefficient (Wildman–Crippen LogP) is 7.37. The average Bonchev–Trinajstić information content (AvgIpc) is 3.95. The fraction of sp³-hybridized carbons (Fsp3) is 0.453. The van der Waals surface area contributed by atoms with E-state index in [9.17, 15) is 20.1 Å². The number of aryl methyl sites for hydroxylation is 2. The lowest BCUT2D eigenvalue weighted by molar-refractivity contribution is -0.160. The highest BCUT2D eigenvalue weighted by atomic mass is 16.6. The molecule has 7 heterocycles. The van der Waals surface area contributed by atoms with Crippen molar-refractivity contribution in [1.82, 2.24) is 30.5 Å². The van der Waals surface area contributed by atoms with Gasteiger partial charge in [-0.05, 0) is 123 Å². The van der Waals surface area contributed by atoms with Crippen LogP contribution in [0.3, 0.4) is 0 Å². The van der Waals surface area contributed by atoms with Crippen LogP contribution in [0.2, 0.25) is 0 Å². The molecule has 3 fully saturated rings. The summed E-state index contributed by atoms with van der Waals surface area (Å²) in [6.07, 6.45) is 20.6. The number of nitrogens with zero attached hydrogens (tertiary/aromatic N) is 3. The van der Waals surface area contributed by atoms with Gasteiger partial charge < -0.3 is 65.5 Å². The van der Waals surface area contributed by atoms with Gasteiger partial charge in [-0.2, -0.15) is 0 Å². The number of rotatable bonds is 15. The number of aliphatic imine (C=N–C) groups is 1. The lowest BCUT2D eigenvalue weighted by Crippen LogP contribution is -2.69. The van der Waals surface area contributed by atoms with E-state index in [4.69, 9.17) is 29.7 Å². The van der Waals surface area contributed by atoms with E-state index in [0.29, 0.717) is 55.8 Å². The van der Waals surface area contributed by atoms with Gasteiger partial charge in [0, 0.05) is 87.5 Å². The van der Waals surface area contributed by atoms with Gasteiger partial charge in [0.25, 0.3) is 0 Å². The summed E-state index contributed by atoms with van der Waals surface area (Å²) in [4.78, 5) is 24.9. The van der Waals surface area contributed by atoms with Crippen LogP contribution in [0.1, 0.15) is 106 Å². The first-order valence-electron chi connectivity index (χ1n) is 24.6. The smallest absolute Gasteiger partial charge is 0.302 e. The summed E-state index contributed by atoms with van der Waals surface area (Å²) in [5.41, 5.74) is 12.0. The van der Waals surface area contributed by atoms with Crippen LogP contribution < -0.4 is 31.2 Å². The van der Waals surface area contributed by atoms with E-state index in [1.165, 1.54) is 29.6 Å². The molecule has 0 amide bonds. The number of aromatic nitrogens is 3. The van der Waals surface area contributed by atoms with Crippen molar-refractivity contribution in [3.63, 3.8) is 0 Å². The molecule has 16 heteroatoms. The molecule has 69 heavy (non-hydrogen) atoms. The van der Waals surface area contributed by atoms with Gasteiger partial charge in [-0.25, -0.2) is 0 Å². The normalized spacial score (nSPS) is 25.9. The summed E-state index contributed by atoms with van der Waals surface area (Å²) >= 11 is 0. The maximum Gasteiger partial charge on any atom is 0.302 e. The molecule has 1 aliphatic carbocycles. The van der Waals surface area contributed by atoms with Crippen molar-refractivity contribution >= 4 is 22.8 Å². The number of H-pyrrole nitrogens is 1. The van der Waals surface area contributed by atoms with Crippen molar-refractivity contribution in [1.29, 1.82) is 0 Å². The highest BCUT2D eigenvalue weighted by Crippen LogP contribution is 2.48. The average molecular weight is 941 g/mol. The number of nitrogens with one attached hydrogen (secondary N) is 4. The molecule has 0 bridgehead atoms. The molecule has 2 aromatic carbocycles. The number of hydrogen-bond acceptors (Lipinski definition) is 12. The molecule has 2 saturated heterocycles. The third-order valence-corrected chi connectivity index (χ3v) is 14.6. The largest absolute Gasteiger partial charge is 0.504 e. The number of ether oxygens (including phenoxy) is 4. The van der Waals surface area contributed by atoms with Crippen molar-refractivity contribution in [2.24, 2.45) is 16.6 Å². The molecule has 7 atom stereocenters. The van der Waals surface area contributed by atoms with Crippen molar-refractivity contribution in [2.75, 3.05) is 19.7 Å². The number of hydrogen-bond donors (Lipinski definition) is 8. The van der Waals surface area contributed by atoms with Gasteiger partial charge in [0.2, 0.25) is 5.75 Å². The Morgan fingerprint density at radius 1 is 1.03 bits per heavy atom. The Bertz CT molecular complexity index is 2730. The van der Waals surface area contributed by atoms with E-state index in [0.717, 1.165) is 80.5 Å². The fourth-order valence-corrected chi connectivity index (χ4v) is 11.4. The number of dihydropyridines is 1. The zero-order valence-corrected chi connectivity index (χ0v) is 39.2. The second-order valence-corrected chi connectivity index (χ2v) is 19.4. The van der Waals surface area contributed by atoms with Gasteiger partial charge in [0.05, 0.1) is 35.7 Å². The number of carbonyl (C=O) groups is 1. The number of fused-ring (bicyclic) bond motifs is 6. The number of esters is 1. The van der Waals surface area contributed by atoms with Crippen molar-refractivity contribution < 1.29 is 39.1 Å². The van der Waals surface area contributed by atoms with Crippen LogP contribution in [0, 0.1) is 5.92 Å². The number of benzene rings is 2. The number of phenolic OH excluding ortho intramolecular Hbond substituents is 3. The molecule has 1 spiro atoms. The minimum Gasteiger partial charge on any atom is -0.504 e. The standard InChI is InChI=1S/C53H64N8O8/c1-32(62)67-39-27-37(68-46(28-39)36-25-45(64)50(65)48(26-36)66-22-16-35-6-3-18-55-30-35)10-8-34-9-13-44(63)47(23-34)69-38-7-2-17-53(29-38)41-11-12-43-40-15-21-56-42(40)31-61(43)51(41)59-52(60-53)58-19-4-5-33-14-20-57-49(54)24-33/h3,6,9,13-15,18,21,23-26,30-31,37-39,41,46,51,56-57,63-65H,2,4-5,7-8,10-12,16-17,19-20,22,27-29,54H2,1H3,(H2,58,59,60)/t37-,38-,39+,41+,46-,51-,53-/m0/s1. The number of allylic oxidation sites excluding steroid dienone is 2. The molecule has 364 valence electrons. The number of aromatic hydroxyl groups is 3. The molecule has 5 aliphatic rings. The Morgan fingerprint density at radius 3 is 2.80 bits per heavy atom. The highest BCUT2D eigenvalue weighted by Gasteiger charge is 2.52. The van der Waals surface area contributed by atoms with E-state index < -0.39 is 12.2 Å². The summed E-state index contributed by atoms with van der Waals surface area (Å²) < 4.78 is 27.6. The zero-order chi connectivity index (χ0) is 47.5. The Hall–Kier alpha value is -6.81. The summed E-state index contributed by atoms with van der Waals surface area (Å²) in [6.45, 7) is 3.08. The monoisotopic (exact) mass is 940 g/mol. The number of aromatic amines is 1. The zero-order valence-electron chi connectivity index (χ0n) is 39.2. The van der Waals surface area contributed by atoms with E-state index in [2.05, 4.69) is 48.8 Å². The topological polar surface area (TPSA) is 223 Å². The summed E-state index contributed by atoms with van der Waals surface area (Å²) in [6, 6.07) is 14.7. The highest BCUT2D eigenvalue weighted by molar-refractivity contribution is 5.85. The third kappa shape index (κ3) is 10.3. The predicted molar refractivity (Wildman–Crippen MR) is 261 cm³/mol. The van der Waals surface area contributed by atoms with Crippen LogP contribution in [0.4, 0.5) is 0 Å². The molecule has 9 N–H and O–H groups in total. The summed E-state index contributed by atoms with van der Waals surface area (Å²) in [5.74, 6) is 1.44. The summed E-state index contributed by atoms with van der Waals surface area (Å²) in [7, 11) is 0. The Balaban J connectivity index is 0.821. The Morgan fingerprint density at radius 2 is 1.94 bits per heavy atom. The van der Waals surface area contributed by atoms with Gasteiger partial charge in [-0.1, -0.05) is 18.2 Å². The van der Waals surface area contributed by atoms with Gasteiger partial charge in [0.15, 0.2) is 29.0 Å². The first kappa shape index (κ1) is 45.9. The van der Waals surface area contributed by atoms with Crippen LogP contribution >= 0.6 is 0 Å². The second kappa shape index (κ2) is 20.0. The van der Waals surface area contributed by atoms with Crippen LogP contribution in [0.25, 0.3) is 10.9 Å². The van der Waals surface area contributed by atoms with E-state index in [1.807, 2.05) is 36.5 Å². The Labute approximate surface area is 402 Å². The van der Waals surface area contributed by atoms with Crippen LogP contribution in [0.5, 0.6) is 28.7 Å². The molecule has 4 aliphatic heterocycles. The van der Waals surface area contributed by atoms with Crippen LogP contribution in [-0.4, -0.2) is 85.3 Å². The molecular weight excluding hydrogens is 877 g/mol. The number of nitrogens with two attached hydrogens (primary N) is 1. The van der Waals surface area contributed by atoms with E-state index in [1.54, 1.807) is 24.5 Å². The first-order chi connectivity index (χ1) is 33.6. The van der Waals surface area contributed by atoms with E-state index in [-0.39, 0.29) is 65.4 Å². The van der Waals surface area contributed by atoms with Gasteiger partial charge >= 0.3 is 5.97 Å². The van der Waals surface area contributed by atoms with Gasteiger partial charge in [0.1, 0.15) is 18.4 Å². The fourth-order valence-electron chi connectivity index (χ4n) is 11.4. The maximum absolute atomic E-state index is 12.2. The lowest BCUT2D eigenvalue weighted by atomic mass is 9.67. The Kier molecular flexibility index (Phi) is 13.3. The molecule has 3 aromatic heterocycles. The number of carbonyl (C=O) groups excluding carboxylic acids is 1. The lowest BCUT2D eigenvalue weighted by Gasteiger charge is -2.55. The first-order valence-corrected chi connectivity index (χ1v) is 24.6. The molecule has 5 aromatic rings. The molecule has 0 radical (unpaired) electrons. The van der Waals surface area contributed by atoms with Crippen molar-refractivity contribution in [3.8, 4) is 28.7 Å². The van der Waals surface area contributed by atoms with Gasteiger partial charge in [-0.15, -0.1) is 0 Å². The molecule has 0 unspecified atom stereocenters. The third-order valence-electron chi connectivity index (χ3n) is 14.6. The quantitative estimate of drug-likeness (QED) is 0.0292. The van der Waals surface area contributed by atoms with Crippen LogP contribution in [-0.2, 0) is 33.5 Å². The molecule has 16 nitrogen and oxygen atoms in total. The van der Waals surface area contributed by atoms with Crippen LogP contribution in [0.15, 0.2) is 102 Å².